The summed E-state index contributed by atoms with van der Waals surface area (Å²) in [6.07, 6.45) is 0.636. The van der Waals surface area contributed by atoms with Crippen LogP contribution in [0, 0.1) is 0 Å². The molecule has 0 radical (unpaired) electrons. The van der Waals surface area contributed by atoms with Crippen LogP contribution in [0.5, 0.6) is 0 Å². The van der Waals surface area contributed by atoms with Gasteiger partial charge in [-0.15, -0.1) is 0 Å². The van der Waals surface area contributed by atoms with Crippen LogP contribution >= 0.6 is 7.37 Å². The molecule has 11 heavy (non-hydrogen) atoms. The fourth-order valence-corrected chi connectivity index (χ4v) is 1.24. The summed E-state index contributed by atoms with van der Waals surface area (Å²) in [5, 5.41) is 0. The van der Waals surface area contributed by atoms with E-state index in [1.54, 1.807) is 6.92 Å². The van der Waals surface area contributed by atoms with Crippen molar-refractivity contribution in [3.8, 4) is 0 Å². The quantitative estimate of drug-likeness (QED) is 0.426. The van der Waals surface area contributed by atoms with Gasteiger partial charge in [-0.25, -0.2) is 0 Å². The molecule has 0 fully saturated rings. The first kappa shape index (κ1) is 14.4. The molecule has 0 heterocycles. The summed E-state index contributed by atoms with van der Waals surface area (Å²) < 4.78 is 15.9. The average Bonchev–Trinajstić information content (AvgIpc) is 1.89. The second kappa shape index (κ2) is 7.51. The fraction of sp³-hybridized carbons (Fsp3) is 1.00. The second-order valence-electron chi connectivity index (χ2n) is 2.08. The molecule has 0 aliphatic carbocycles. The van der Waals surface area contributed by atoms with Crippen LogP contribution in [-0.4, -0.2) is 30.4 Å². The summed E-state index contributed by atoms with van der Waals surface area (Å²) in [5.74, 6) is 0. The zero-order valence-corrected chi connectivity index (χ0v) is 9.50. The molecule has 0 spiro atoms. The van der Waals surface area contributed by atoms with Crippen molar-refractivity contribution < 1.29 is 35.9 Å². The number of hydrogen-bond acceptors (Lipinski definition) is 2. The minimum absolute atomic E-state index is 0. The van der Waals surface area contributed by atoms with Gasteiger partial charge in [0, 0.05) is 18.9 Å². The van der Waals surface area contributed by atoms with Gasteiger partial charge in [0.15, 0.2) is 0 Å². The van der Waals surface area contributed by atoms with Crippen LogP contribution in [0.4, 0.5) is 0 Å². The molecule has 0 aromatic carbocycles. The molecule has 5 heteroatoms. The Morgan fingerprint density at radius 2 is 2.00 bits per heavy atom. The smallest absolute Gasteiger partial charge is 0.381 e. The predicted molar refractivity (Wildman–Crippen MR) is 41.7 cm³/mol. The van der Waals surface area contributed by atoms with E-state index in [4.69, 9.17) is 9.63 Å². The van der Waals surface area contributed by atoms with Crippen LogP contribution in [0.2, 0.25) is 0 Å². The maximum atomic E-state index is 10.9. The topological polar surface area (TPSA) is 46.5 Å². The summed E-state index contributed by atoms with van der Waals surface area (Å²) in [5.41, 5.74) is 0. The van der Waals surface area contributed by atoms with Crippen molar-refractivity contribution in [3.63, 3.8) is 0 Å². The first-order valence-corrected chi connectivity index (χ1v) is 5.54. The Morgan fingerprint density at radius 1 is 1.45 bits per heavy atom. The predicted octanol–water partition coefficient (Wildman–Crippen LogP) is 1.31. The Morgan fingerprint density at radius 3 is 2.36 bits per heavy atom. The van der Waals surface area contributed by atoms with Crippen molar-refractivity contribution in [1.29, 1.82) is 0 Å². The number of hydrogen-bond donors (Lipinski definition) is 1. The molecule has 0 aromatic rings. The van der Waals surface area contributed by atoms with E-state index >= 15 is 0 Å². The molecule has 1 atom stereocenters. The monoisotopic (exact) mass is 214 g/mol. The van der Waals surface area contributed by atoms with Gasteiger partial charge >= 0.3 is 21.7 Å². The van der Waals surface area contributed by atoms with Crippen LogP contribution in [0.3, 0.4) is 0 Å². The van der Waals surface area contributed by atoms with Crippen molar-refractivity contribution >= 4 is 7.37 Å². The molecule has 1 unspecified atom stereocenters. The van der Waals surface area contributed by atoms with Gasteiger partial charge in [0.25, 0.3) is 0 Å². The third-order valence-corrected chi connectivity index (χ3v) is 3.15. The van der Waals surface area contributed by atoms with Gasteiger partial charge in [0.2, 0.25) is 7.37 Å². The minimum atomic E-state index is -2.83. The molecule has 3 nitrogen and oxygen atoms in total. The molecule has 62 valence electrons. The van der Waals surface area contributed by atoms with Crippen molar-refractivity contribution in [2.45, 2.75) is 13.8 Å². The molecule has 1 N–H and O–H groups in total. The van der Waals surface area contributed by atoms with Crippen molar-refractivity contribution in [3.05, 3.63) is 0 Å². The van der Waals surface area contributed by atoms with E-state index in [0.717, 1.165) is 0 Å². The second-order valence-corrected chi connectivity index (χ2v) is 4.86. The minimum Gasteiger partial charge on any atom is -0.381 e. The molecule has 0 saturated heterocycles. The first-order valence-electron chi connectivity index (χ1n) is 3.51. The molecule has 0 bridgehead atoms. The maximum absolute atomic E-state index is 10.9. The SMILES string of the molecule is CCOCCP(=O)(O)CC.[Ti+4]. The molecule has 0 aliphatic heterocycles. The Kier molecular flexibility index (Phi) is 9.83. The molecule has 0 aromatic heterocycles. The summed E-state index contributed by atoms with van der Waals surface area (Å²) >= 11 is 0. The zero-order valence-electron chi connectivity index (χ0n) is 7.04. The van der Waals surface area contributed by atoms with Gasteiger partial charge in [-0.05, 0) is 6.92 Å². The van der Waals surface area contributed by atoms with E-state index in [0.29, 0.717) is 19.4 Å². The van der Waals surface area contributed by atoms with Crippen LogP contribution in [0.1, 0.15) is 13.8 Å². The molecule has 0 aliphatic rings. The Balaban J connectivity index is 0. The molecular weight excluding hydrogens is 199 g/mol. The summed E-state index contributed by atoms with van der Waals surface area (Å²) in [6.45, 7) is 4.60. The number of rotatable bonds is 5. The van der Waals surface area contributed by atoms with Gasteiger partial charge in [-0.1, -0.05) is 6.92 Å². The Labute approximate surface area is 82.9 Å². The summed E-state index contributed by atoms with van der Waals surface area (Å²) in [6, 6.07) is 0. The van der Waals surface area contributed by atoms with Crippen LogP contribution in [0.25, 0.3) is 0 Å². The molecule has 0 amide bonds. The molecular formula is C6H15O3PTi+4. The third kappa shape index (κ3) is 8.77. The third-order valence-electron chi connectivity index (χ3n) is 1.28. The number of ether oxygens (including phenoxy) is 1. The average molecular weight is 214 g/mol. The molecule has 0 saturated carbocycles. The summed E-state index contributed by atoms with van der Waals surface area (Å²) in [7, 11) is -2.83. The van der Waals surface area contributed by atoms with Crippen molar-refractivity contribution in [2.75, 3.05) is 25.5 Å². The normalized spacial score (nSPS) is 15.2. The van der Waals surface area contributed by atoms with E-state index in [1.807, 2.05) is 6.92 Å². The van der Waals surface area contributed by atoms with Gasteiger partial charge < -0.3 is 9.63 Å². The van der Waals surface area contributed by atoms with Crippen LogP contribution < -0.4 is 0 Å². The van der Waals surface area contributed by atoms with E-state index < -0.39 is 7.37 Å². The van der Waals surface area contributed by atoms with Gasteiger partial charge in [-0.2, -0.15) is 0 Å². The van der Waals surface area contributed by atoms with Crippen molar-refractivity contribution in [2.24, 2.45) is 0 Å². The van der Waals surface area contributed by atoms with E-state index in [9.17, 15) is 4.57 Å². The standard InChI is InChI=1S/C6H15O3P.Ti/c1-3-9-5-6-10(7,8)4-2;/h3-6H2,1-2H3,(H,7,8);/q;+4. The Bertz CT molecular complexity index is 129. The van der Waals surface area contributed by atoms with E-state index in [1.165, 1.54) is 0 Å². The van der Waals surface area contributed by atoms with Crippen molar-refractivity contribution in [1.82, 2.24) is 0 Å². The van der Waals surface area contributed by atoms with Gasteiger partial charge in [-0.3, -0.25) is 4.57 Å². The fourth-order valence-electron chi connectivity index (χ4n) is 0.510. The van der Waals surface area contributed by atoms with Crippen LogP contribution in [0.15, 0.2) is 0 Å². The van der Waals surface area contributed by atoms with Gasteiger partial charge in [0.05, 0.1) is 6.61 Å². The Hall–Kier alpha value is 0.864. The van der Waals surface area contributed by atoms with E-state index in [-0.39, 0.29) is 27.9 Å². The van der Waals surface area contributed by atoms with E-state index in [2.05, 4.69) is 0 Å². The molecule has 0 rings (SSSR count). The maximum Gasteiger partial charge on any atom is 4.00 e. The van der Waals surface area contributed by atoms with Crippen LogP contribution in [-0.2, 0) is 31.0 Å². The largest absolute Gasteiger partial charge is 4.00 e. The zero-order chi connectivity index (χ0) is 8.04. The van der Waals surface area contributed by atoms with Gasteiger partial charge in [0.1, 0.15) is 0 Å². The first-order chi connectivity index (χ1) is 4.62. The summed E-state index contributed by atoms with van der Waals surface area (Å²) in [4.78, 5) is 9.03.